The Balaban J connectivity index is 1.58. The van der Waals surface area contributed by atoms with E-state index in [9.17, 15) is 13.2 Å². The van der Waals surface area contributed by atoms with Gasteiger partial charge in [0.05, 0.1) is 0 Å². The molecule has 0 unspecified atom stereocenters. The van der Waals surface area contributed by atoms with E-state index in [0.717, 1.165) is 39.3 Å². The maximum atomic E-state index is 12.0. The summed E-state index contributed by atoms with van der Waals surface area (Å²) in [5, 5.41) is 3.24. The fourth-order valence-corrected chi connectivity index (χ4v) is 2.76. The van der Waals surface area contributed by atoms with Gasteiger partial charge in [0.15, 0.2) is 0 Å². The first-order valence-electron chi connectivity index (χ1n) is 5.92. The molecular weight excluding hydrogens is 251 g/mol. The summed E-state index contributed by atoms with van der Waals surface area (Å²) in [6.07, 6.45) is 0. The van der Waals surface area contributed by atoms with Crippen LogP contribution >= 0.6 is 11.8 Å². The summed E-state index contributed by atoms with van der Waals surface area (Å²) in [5.74, 6) is 0.147. The van der Waals surface area contributed by atoms with Crippen molar-refractivity contribution in [2.24, 2.45) is 0 Å². The van der Waals surface area contributed by atoms with Crippen molar-refractivity contribution in [2.45, 2.75) is 11.6 Å². The van der Waals surface area contributed by atoms with Gasteiger partial charge in [0.1, 0.15) is 0 Å². The summed E-state index contributed by atoms with van der Waals surface area (Å²) in [6.45, 7) is 6.44. The first kappa shape index (κ1) is 13.5. The molecule has 2 saturated heterocycles. The van der Waals surface area contributed by atoms with Crippen LogP contribution < -0.4 is 5.32 Å². The number of hydrogen-bond acceptors (Lipinski definition) is 4. The Kier molecular flexibility index (Phi) is 4.57. The number of alkyl halides is 3. The van der Waals surface area contributed by atoms with Gasteiger partial charge in [-0.15, -0.1) is 0 Å². The van der Waals surface area contributed by atoms with Crippen LogP contribution in [0, 0.1) is 0 Å². The summed E-state index contributed by atoms with van der Waals surface area (Å²) in [7, 11) is 0. The molecule has 0 aromatic heterocycles. The molecule has 2 aliphatic heterocycles. The zero-order valence-corrected chi connectivity index (χ0v) is 10.5. The number of thioether (sulfide) groups is 1. The minimum absolute atomic E-state index is 0.0847. The van der Waals surface area contributed by atoms with Gasteiger partial charge in [0, 0.05) is 57.6 Å². The third kappa shape index (κ3) is 4.31. The molecule has 0 amide bonds. The molecule has 2 rings (SSSR count). The lowest BCUT2D eigenvalue weighted by atomic mass is 10.1. The van der Waals surface area contributed by atoms with Crippen LogP contribution in [-0.4, -0.2) is 72.9 Å². The average Bonchev–Trinajstić information content (AvgIpc) is 2.16. The van der Waals surface area contributed by atoms with Gasteiger partial charge in [-0.25, -0.2) is 0 Å². The Hall–Kier alpha value is 0.0200. The van der Waals surface area contributed by atoms with Gasteiger partial charge in [-0.1, -0.05) is 0 Å². The molecule has 0 aromatic rings. The molecule has 0 aliphatic carbocycles. The number of nitrogens with one attached hydrogen (secondary N) is 1. The van der Waals surface area contributed by atoms with Crippen molar-refractivity contribution in [3.8, 4) is 0 Å². The van der Waals surface area contributed by atoms with Crippen LogP contribution in [0.5, 0.6) is 0 Å². The molecular formula is C10H18F3N3S. The van der Waals surface area contributed by atoms with E-state index in [1.54, 1.807) is 0 Å². The van der Waals surface area contributed by atoms with E-state index in [1.807, 2.05) is 0 Å². The molecule has 1 N–H and O–H groups in total. The molecule has 7 heteroatoms. The summed E-state index contributed by atoms with van der Waals surface area (Å²) in [6, 6.07) is 0.654. The highest BCUT2D eigenvalue weighted by Crippen LogP contribution is 2.29. The van der Waals surface area contributed by atoms with E-state index >= 15 is 0 Å². The van der Waals surface area contributed by atoms with E-state index in [-0.39, 0.29) is 17.5 Å². The zero-order chi connectivity index (χ0) is 12.3. The van der Waals surface area contributed by atoms with Crippen molar-refractivity contribution in [2.75, 3.05) is 51.6 Å². The van der Waals surface area contributed by atoms with Crippen molar-refractivity contribution >= 4 is 11.8 Å². The van der Waals surface area contributed by atoms with Gasteiger partial charge in [-0.05, 0) is 11.8 Å². The van der Waals surface area contributed by atoms with Crippen LogP contribution in [0.15, 0.2) is 0 Å². The summed E-state index contributed by atoms with van der Waals surface area (Å²) in [4.78, 5) is 4.56. The Morgan fingerprint density at radius 2 is 1.76 bits per heavy atom. The molecule has 2 fully saturated rings. The highest BCUT2D eigenvalue weighted by Gasteiger charge is 2.30. The normalized spacial score (nSPS) is 24.9. The Morgan fingerprint density at radius 3 is 2.24 bits per heavy atom. The highest BCUT2D eigenvalue weighted by molar-refractivity contribution is 8.00. The van der Waals surface area contributed by atoms with Gasteiger partial charge < -0.3 is 5.32 Å². The fraction of sp³-hybridized carbons (Fsp3) is 1.00. The Bertz CT molecular complexity index is 237. The average molecular weight is 269 g/mol. The van der Waals surface area contributed by atoms with Crippen molar-refractivity contribution in [3.63, 3.8) is 0 Å². The predicted octanol–water partition coefficient (Wildman–Crippen LogP) is 0.829. The predicted molar refractivity (Wildman–Crippen MR) is 63.2 cm³/mol. The number of halogens is 3. The van der Waals surface area contributed by atoms with Gasteiger partial charge in [0.25, 0.3) is 0 Å². The van der Waals surface area contributed by atoms with E-state index in [0.29, 0.717) is 12.6 Å². The fourth-order valence-electron chi connectivity index (χ4n) is 2.17. The molecule has 17 heavy (non-hydrogen) atoms. The van der Waals surface area contributed by atoms with Gasteiger partial charge in [0.2, 0.25) is 0 Å². The minimum atomic E-state index is -4.08. The van der Waals surface area contributed by atoms with E-state index < -0.39 is 5.51 Å². The van der Waals surface area contributed by atoms with Crippen LogP contribution in [-0.2, 0) is 0 Å². The maximum absolute atomic E-state index is 12.0. The molecule has 0 bridgehead atoms. The first-order valence-corrected chi connectivity index (χ1v) is 6.91. The molecule has 2 heterocycles. The SMILES string of the molecule is FC(F)(F)SCCN1CCN(C2CNC2)CC1. The van der Waals surface area contributed by atoms with Crippen molar-refractivity contribution < 1.29 is 13.2 Å². The first-order chi connectivity index (χ1) is 8.04. The number of rotatable bonds is 4. The van der Waals surface area contributed by atoms with Crippen molar-refractivity contribution in [1.82, 2.24) is 15.1 Å². The van der Waals surface area contributed by atoms with Gasteiger partial charge >= 0.3 is 5.51 Å². The second-order valence-electron chi connectivity index (χ2n) is 4.48. The summed E-state index contributed by atoms with van der Waals surface area (Å²) >= 11 is 0.0847. The molecule has 0 saturated carbocycles. The molecule has 0 spiro atoms. The molecule has 0 aromatic carbocycles. The Labute approximate surface area is 104 Å². The lowest BCUT2D eigenvalue weighted by molar-refractivity contribution is -0.0329. The zero-order valence-electron chi connectivity index (χ0n) is 9.67. The third-order valence-electron chi connectivity index (χ3n) is 3.36. The van der Waals surface area contributed by atoms with Crippen LogP contribution in [0.4, 0.5) is 13.2 Å². The molecule has 0 radical (unpaired) electrons. The lowest BCUT2D eigenvalue weighted by Gasteiger charge is -2.43. The van der Waals surface area contributed by atoms with Crippen LogP contribution in [0.2, 0.25) is 0 Å². The van der Waals surface area contributed by atoms with Gasteiger partial charge in [-0.3, -0.25) is 9.80 Å². The molecule has 0 atom stereocenters. The van der Waals surface area contributed by atoms with Crippen molar-refractivity contribution in [3.05, 3.63) is 0 Å². The number of nitrogens with zero attached hydrogens (tertiary/aromatic N) is 2. The van der Waals surface area contributed by atoms with Crippen LogP contribution in [0.1, 0.15) is 0 Å². The maximum Gasteiger partial charge on any atom is 0.441 e. The highest BCUT2D eigenvalue weighted by atomic mass is 32.2. The number of hydrogen-bond donors (Lipinski definition) is 1. The summed E-state index contributed by atoms with van der Waals surface area (Å²) < 4.78 is 35.9. The number of piperazine rings is 1. The second-order valence-corrected chi connectivity index (χ2v) is 5.64. The lowest BCUT2D eigenvalue weighted by Crippen LogP contribution is -2.61. The second kappa shape index (κ2) is 5.77. The monoisotopic (exact) mass is 269 g/mol. The summed E-state index contributed by atoms with van der Waals surface area (Å²) in [5.41, 5.74) is -4.08. The van der Waals surface area contributed by atoms with E-state index in [2.05, 4.69) is 15.1 Å². The third-order valence-corrected chi connectivity index (χ3v) is 4.07. The van der Waals surface area contributed by atoms with Crippen molar-refractivity contribution in [1.29, 1.82) is 0 Å². The van der Waals surface area contributed by atoms with Crippen LogP contribution in [0.25, 0.3) is 0 Å². The molecule has 100 valence electrons. The molecule has 3 nitrogen and oxygen atoms in total. The largest absolute Gasteiger partial charge is 0.441 e. The standard InChI is InChI=1S/C10H18F3N3S/c11-10(12,13)17-6-5-15-1-3-16(4-2-15)9-7-14-8-9/h9,14H,1-8H2. The van der Waals surface area contributed by atoms with E-state index in [4.69, 9.17) is 0 Å². The Morgan fingerprint density at radius 1 is 1.12 bits per heavy atom. The van der Waals surface area contributed by atoms with E-state index in [1.165, 1.54) is 0 Å². The quantitative estimate of drug-likeness (QED) is 0.814. The van der Waals surface area contributed by atoms with Gasteiger partial charge in [-0.2, -0.15) is 13.2 Å². The van der Waals surface area contributed by atoms with Crippen LogP contribution in [0.3, 0.4) is 0 Å². The molecule has 2 aliphatic rings. The smallest absolute Gasteiger partial charge is 0.314 e. The minimum Gasteiger partial charge on any atom is -0.314 e. The topological polar surface area (TPSA) is 18.5 Å².